The number of aromatic nitrogens is 1. The van der Waals surface area contributed by atoms with Crippen LogP contribution in [-0.4, -0.2) is 23.3 Å². The molecular weight excluding hydrogens is 280 g/mol. The lowest BCUT2D eigenvalue weighted by Gasteiger charge is -2.32. The van der Waals surface area contributed by atoms with E-state index in [1.165, 1.54) is 6.07 Å². The predicted octanol–water partition coefficient (Wildman–Crippen LogP) is 3.19. The minimum absolute atomic E-state index is 0.284. The van der Waals surface area contributed by atoms with Crippen LogP contribution >= 0.6 is 0 Å². The molecule has 1 aromatic heterocycles. The van der Waals surface area contributed by atoms with Gasteiger partial charge in [-0.05, 0) is 39.8 Å². The largest absolute Gasteiger partial charge is 0.515 e. The van der Waals surface area contributed by atoms with Crippen molar-refractivity contribution in [2.45, 2.75) is 38.9 Å². The Bertz CT molecular complexity index is 687. The molecule has 1 aliphatic heterocycles. The zero-order valence-corrected chi connectivity index (χ0v) is 13.3. The zero-order chi connectivity index (χ0) is 16.0. The van der Waals surface area contributed by atoms with Crippen LogP contribution in [0.2, 0.25) is 0 Å². The number of benzene rings is 1. The molecule has 0 amide bonds. The topological polar surface area (TPSA) is 31.4 Å². The Morgan fingerprint density at radius 1 is 0.909 bits per heavy atom. The Kier molecular flexibility index (Phi) is 3.58. The fourth-order valence-corrected chi connectivity index (χ4v) is 2.47. The first kappa shape index (κ1) is 15.2. The number of pyridine rings is 1. The van der Waals surface area contributed by atoms with Gasteiger partial charge in [0.15, 0.2) is 0 Å². The van der Waals surface area contributed by atoms with Crippen molar-refractivity contribution in [2.24, 2.45) is 0 Å². The normalized spacial score (nSPS) is 19.4. The number of nitrogens with zero attached hydrogens (tertiary/aromatic N) is 1. The van der Waals surface area contributed by atoms with Crippen molar-refractivity contribution >= 4 is 12.7 Å². The van der Waals surface area contributed by atoms with E-state index in [2.05, 4.69) is 4.98 Å². The van der Waals surface area contributed by atoms with Crippen molar-refractivity contribution in [3.8, 4) is 11.1 Å². The van der Waals surface area contributed by atoms with Crippen molar-refractivity contribution in [2.75, 3.05) is 0 Å². The molecule has 2 heterocycles. The third-order valence-corrected chi connectivity index (χ3v) is 4.48. The van der Waals surface area contributed by atoms with Crippen LogP contribution in [0.15, 0.2) is 42.6 Å². The number of rotatable bonds is 2. The lowest BCUT2D eigenvalue weighted by molar-refractivity contribution is 0.00578. The second-order valence-electron chi connectivity index (χ2n) is 6.50. The summed E-state index contributed by atoms with van der Waals surface area (Å²) in [5, 5.41) is 0. The lowest BCUT2D eigenvalue weighted by atomic mass is 9.79. The van der Waals surface area contributed by atoms with Crippen molar-refractivity contribution in [3.63, 3.8) is 0 Å². The molecule has 5 heteroatoms. The Hall–Kier alpha value is -1.72. The second-order valence-corrected chi connectivity index (χ2v) is 6.50. The second kappa shape index (κ2) is 5.18. The molecule has 3 nitrogen and oxygen atoms in total. The van der Waals surface area contributed by atoms with Crippen LogP contribution in [0, 0.1) is 5.82 Å². The summed E-state index contributed by atoms with van der Waals surface area (Å²) in [4.78, 5) is 4.39. The molecule has 0 unspecified atom stereocenters. The van der Waals surface area contributed by atoms with Crippen molar-refractivity contribution < 1.29 is 13.7 Å². The van der Waals surface area contributed by atoms with Crippen LogP contribution in [-0.2, 0) is 9.31 Å². The maximum Gasteiger partial charge on any atom is 0.515 e. The first-order valence-corrected chi connectivity index (χ1v) is 7.37. The summed E-state index contributed by atoms with van der Waals surface area (Å²) in [6, 6.07) is 10.3. The molecule has 22 heavy (non-hydrogen) atoms. The molecule has 1 aliphatic rings. The lowest BCUT2D eigenvalue weighted by Crippen LogP contribution is -2.41. The molecule has 0 spiro atoms. The highest BCUT2D eigenvalue weighted by Crippen LogP contribution is 2.37. The minimum atomic E-state index is -0.610. The average Bonchev–Trinajstić information content (AvgIpc) is 2.68. The summed E-state index contributed by atoms with van der Waals surface area (Å²) in [6.45, 7) is 7.94. The van der Waals surface area contributed by atoms with E-state index in [1.54, 1.807) is 30.5 Å². The maximum atomic E-state index is 14.1. The van der Waals surface area contributed by atoms with Gasteiger partial charge in [-0.3, -0.25) is 4.98 Å². The summed E-state index contributed by atoms with van der Waals surface area (Å²) < 4.78 is 26.2. The minimum Gasteiger partial charge on any atom is -0.398 e. The van der Waals surface area contributed by atoms with Gasteiger partial charge in [-0.1, -0.05) is 24.3 Å². The van der Waals surface area contributed by atoms with E-state index in [1.807, 2.05) is 33.8 Å². The third-order valence-electron chi connectivity index (χ3n) is 4.48. The average molecular weight is 299 g/mol. The molecule has 0 N–H and O–H groups in total. The van der Waals surface area contributed by atoms with E-state index in [0.29, 0.717) is 16.7 Å². The molecule has 0 atom stereocenters. The number of halogens is 1. The quantitative estimate of drug-likeness (QED) is 0.798. The van der Waals surface area contributed by atoms with E-state index < -0.39 is 18.3 Å². The van der Waals surface area contributed by atoms with Gasteiger partial charge in [0, 0.05) is 17.3 Å². The van der Waals surface area contributed by atoms with E-state index >= 15 is 0 Å². The summed E-state index contributed by atoms with van der Waals surface area (Å²) in [6.07, 6.45) is 1.67. The Morgan fingerprint density at radius 3 is 2.14 bits per heavy atom. The Balaban J connectivity index is 2.06. The summed E-state index contributed by atoms with van der Waals surface area (Å²) in [5.41, 5.74) is 0.884. The predicted molar refractivity (Wildman–Crippen MR) is 85.3 cm³/mol. The van der Waals surface area contributed by atoms with Gasteiger partial charge in [0.05, 0.1) is 16.8 Å². The molecule has 1 aromatic carbocycles. The number of hydrogen-bond acceptors (Lipinski definition) is 3. The highest BCUT2D eigenvalue weighted by atomic mass is 19.1. The molecule has 0 bridgehead atoms. The molecule has 1 fully saturated rings. The van der Waals surface area contributed by atoms with Crippen LogP contribution in [0.5, 0.6) is 0 Å². The molecule has 114 valence electrons. The standard InChI is InChI=1S/C17H19BFNO2/c1-16(2)17(3,4)22-18(21-16)15-13(9-7-11-20-15)12-8-5-6-10-14(12)19/h5-11H,1-4H3. The van der Waals surface area contributed by atoms with Gasteiger partial charge >= 0.3 is 7.12 Å². The van der Waals surface area contributed by atoms with Gasteiger partial charge in [-0.2, -0.15) is 0 Å². The highest BCUT2D eigenvalue weighted by molar-refractivity contribution is 6.62. The zero-order valence-electron chi connectivity index (χ0n) is 13.3. The van der Waals surface area contributed by atoms with Crippen molar-refractivity contribution in [1.29, 1.82) is 0 Å². The van der Waals surface area contributed by atoms with Crippen molar-refractivity contribution in [3.05, 3.63) is 48.4 Å². The van der Waals surface area contributed by atoms with Crippen LogP contribution in [0.4, 0.5) is 4.39 Å². The first-order chi connectivity index (χ1) is 10.3. The molecule has 1 saturated heterocycles. The summed E-state index contributed by atoms with van der Waals surface area (Å²) in [7, 11) is -0.610. The maximum absolute atomic E-state index is 14.1. The Labute approximate surface area is 130 Å². The fourth-order valence-electron chi connectivity index (χ4n) is 2.47. The first-order valence-electron chi connectivity index (χ1n) is 7.37. The molecule has 0 radical (unpaired) electrons. The van der Waals surface area contributed by atoms with Gasteiger partial charge in [-0.15, -0.1) is 0 Å². The highest BCUT2D eigenvalue weighted by Gasteiger charge is 2.53. The SMILES string of the molecule is CC1(C)OB(c2ncccc2-c2ccccc2F)OC1(C)C. The van der Waals surface area contributed by atoms with Gasteiger partial charge in [0.1, 0.15) is 5.82 Å². The third kappa shape index (κ3) is 2.44. The van der Waals surface area contributed by atoms with E-state index in [0.717, 1.165) is 0 Å². The molecule has 2 aromatic rings. The summed E-state index contributed by atoms with van der Waals surface area (Å²) in [5.74, 6) is -0.284. The smallest absolute Gasteiger partial charge is 0.398 e. The molecule has 0 saturated carbocycles. The molecular formula is C17H19BFNO2. The molecule has 3 rings (SSSR count). The monoisotopic (exact) mass is 299 g/mol. The van der Waals surface area contributed by atoms with Crippen LogP contribution in [0.3, 0.4) is 0 Å². The van der Waals surface area contributed by atoms with Gasteiger partial charge in [0.2, 0.25) is 0 Å². The molecule has 0 aliphatic carbocycles. The number of hydrogen-bond donors (Lipinski definition) is 0. The van der Waals surface area contributed by atoms with Gasteiger partial charge in [-0.25, -0.2) is 4.39 Å². The fraction of sp³-hybridized carbons (Fsp3) is 0.353. The van der Waals surface area contributed by atoms with Crippen LogP contribution in [0.1, 0.15) is 27.7 Å². The van der Waals surface area contributed by atoms with Crippen molar-refractivity contribution in [1.82, 2.24) is 4.98 Å². The van der Waals surface area contributed by atoms with E-state index in [9.17, 15) is 4.39 Å². The van der Waals surface area contributed by atoms with Gasteiger partial charge < -0.3 is 9.31 Å². The summed E-state index contributed by atoms with van der Waals surface area (Å²) >= 11 is 0. The van der Waals surface area contributed by atoms with Crippen LogP contribution < -0.4 is 5.59 Å². The van der Waals surface area contributed by atoms with E-state index in [-0.39, 0.29) is 5.82 Å². The van der Waals surface area contributed by atoms with E-state index in [4.69, 9.17) is 9.31 Å². The Morgan fingerprint density at radius 2 is 1.50 bits per heavy atom. The van der Waals surface area contributed by atoms with Gasteiger partial charge in [0.25, 0.3) is 0 Å². The van der Waals surface area contributed by atoms with Crippen LogP contribution in [0.25, 0.3) is 11.1 Å².